The lowest BCUT2D eigenvalue weighted by Crippen LogP contribution is -2.34. The van der Waals surface area contributed by atoms with Crippen LogP contribution in [-0.4, -0.2) is 41.0 Å². The normalized spacial score (nSPS) is 14.4. The van der Waals surface area contributed by atoms with Gasteiger partial charge in [-0.1, -0.05) is 18.2 Å². The zero-order valence-electron chi connectivity index (χ0n) is 14.0. The third kappa shape index (κ3) is 2.78. The number of hydrogen-bond donors (Lipinski definition) is 1. The highest BCUT2D eigenvalue weighted by Gasteiger charge is 2.22. The van der Waals surface area contributed by atoms with Crippen LogP contribution in [0.15, 0.2) is 54.9 Å². The smallest absolute Gasteiger partial charge is 0.257 e. The van der Waals surface area contributed by atoms with Crippen LogP contribution in [0.1, 0.15) is 22.3 Å². The van der Waals surface area contributed by atoms with E-state index in [0.717, 1.165) is 17.5 Å². The minimum absolute atomic E-state index is 0.00773. The van der Waals surface area contributed by atoms with Gasteiger partial charge < -0.3 is 14.6 Å². The van der Waals surface area contributed by atoms with Crippen LogP contribution in [0.4, 0.5) is 0 Å². The molecule has 5 nitrogen and oxygen atoms in total. The van der Waals surface area contributed by atoms with Crippen LogP contribution in [0.25, 0.3) is 16.6 Å². The second-order valence-electron chi connectivity index (χ2n) is 6.03. The number of ether oxygens (including phenoxy) is 1. The molecule has 4 rings (SSSR count). The lowest BCUT2D eigenvalue weighted by molar-refractivity contribution is 0.0769. The van der Waals surface area contributed by atoms with Gasteiger partial charge in [-0.25, -0.2) is 4.98 Å². The highest BCUT2D eigenvalue weighted by atomic mass is 16.5. The van der Waals surface area contributed by atoms with Crippen molar-refractivity contribution in [2.24, 2.45) is 0 Å². The Morgan fingerprint density at radius 3 is 2.92 bits per heavy atom. The molecule has 0 bridgehead atoms. The Balaban J connectivity index is 1.57. The summed E-state index contributed by atoms with van der Waals surface area (Å²) in [5.41, 5.74) is 3.93. The molecule has 25 heavy (non-hydrogen) atoms. The number of rotatable bonds is 3. The maximum absolute atomic E-state index is 12.8. The number of nitrogens with zero attached hydrogens (tertiary/aromatic N) is 2. The Hall–Kier alpha value is -3.08. The maximum atomic E-state index is 12.8. The van der Waals surface area contributed by atoms with Crippen molar-refractivity contribution in [3.8, 4) is 5.75 Å². The van der Waals surface area contributed by atoms with Crippen molar-refractivity contribution in [3.63, 3.8) is 0 Å². The minimum Gasteiger partial charge on any atom is -0.496 e. The van der Waals surface area contributed by atoms with Gasteiger partial charge in [0.05, 0.1) is 12.7 Å². The average molecular weight is 333 g/mol. The lowest BCUT2D eigenvalue weighted by atomic mass is 9.99. The Kier molecular flexibility index (Phi) is 3.98. The van der Waals surface area contributed by atoms with Gasteiger partial charge in [0, 0.05) is 36.4 Å². The standard InChI is InChI=1S/C20H19N3O2/c1-25-18-7-3-2-5-16(18)20(24)23-11-8-14(9-12-23)17-13-22-19-15(17)6-4-10-21-19/h2-8,10,13H,9,11-12H2,1H3,(H,21,22). The monoisotopic (exact) mass is 333 g/mol. The number of H-pyrrole nitrogens is 1. The van der Waals surface area contributed by atoms with Gasteiger partial charge >= 0.3 is 0 Å². The highest BCUT2D eigenvalue weighted by molar-refractivity contribution is 5.98. The number of fused-ring (bicyclic) bond motifs is 1. The number of para-hydroxylation sites is 1. The highest BCUT2D eigenvalue weighted by Crippen LogP contribution is 2.29. The molecule has 1 aromatic carbocycles. The fourth-order valence-electron chi connectivity index (χ4n) is 3.31. The number of aromatic nitrogens is 2. The Bertz CT molecular complexity index is 958. The first-order chi connectivity index (χ1) is 12.3. The Labute approximate surface area is 145 Å². The minimum atomic E-state index is 0.00773. The summed E-state index contributed by atoms with van der Waals surface area (Å²) in [6.45, 7) is 1.29. The van der Waals surface area contributed by atoms with E-state index in [9.17, 15) is 4.79 Å². The molecule has 0 saturated carbocycles. The van der Waals surface area contributed by atoms with Gasteiger partial charge in [-0.05, 0) is 36.3 Å². The number of carbonyl (C=O) groups excluding carboxylic acids is 1. The molecule has 0 aliphatic carbocycles. The Morgan fingerprint density at radius 2 is 2.12 bits per heavy atom. The van der Waals surface area contributed by atoms with E-state index < -0.39 is 0 Å². The van der Waals surface area contributed by atoms with E-state index in [1.54, 1.807) is 13.3 Å². The molecule has 0 saturated heterocycles. The van der Waals surface area contributed by atoms with Gasteiger partial charge in [0.15, 0.2) is 0 Å². The number of aromatic amines is 1. The molecule has 3 heterocycles. The maximum Gasteiger partial charge on any atom is 0.257 e. The van der Waals surface area contributed by atoms with E-state index in [1.807, 2.05) is 41.4 Å². The third-order valence-electron chi connectivity index (χ3n) is 4.63. The summed E-state index contributed by atoms with van der Waals surface area (Å²) in [5, 5.41) is 1.12. The van der Waals surface area contributed by atoms with Gasteiger partial charge in [-0.2, -0.15) is 0 Å². The second-order valence-corrected chi connectivity index (χ2v) is 6.03. The van der Waals surface area contributed by atoms with E-state index in [1.165, 1.54) is 11.1 Å². The van der Waals surface area contributed by atoms with Gasteiger partial charge in [-0.15, -0.1) is 0 Å². The number of nitrogens with one attached hydrogen (secondary N) is 1. The van der Waals surface area contributed by atoms with E-state index >= 15 is 0 Å². The summed E-state index contributed by atoms with van der Waals surface area (Å²) < 4.78 is 5.31. The fourth-order valence-corrected chi connectivity index (χ4v) is 3.31. The summed E-state index contributed by atoms with van der Waals surface area (Å²) in [6.07, 6.45) is 6.74. The number of amides is 1. The molecule has 0 unspecified atom stereocenters. The van der Waals surface area contributed by atoms with Crippen LogP contribution in [0.3, 0.4) is 0 Å². The zero-order chi connectivity index (χ0) is 17.2. The Morgan fingerprint density at radius 1 is 1.24 bits per heavy atom. The number of pyridine rings is 1. The summed E-state index contributed by atoms with van der Waals surface area (Å²) >= 11 is 0. The second kappa shape index (κ2) is 6.43. The van der Waals surface area contributed by atoms with Crippen LogP contribution in [0.5, 0.6) is 5.75 Å². The van der Waals surface area contributed by atoms with Gasteiger partial charge in [0.2, 0.25) is 0 Å². The molecular formula is C20H19N3O2. The lowest BCUT2D eigenvalue weighted by Gasteiger charge is -2.27. The molecule has 0 fully saturated rings. The molecule has 1 N–H and O–H groups in total. The van der Waals surface area contributed by atoms with Crippen LogP contribution < -0.4 is 4.74 Å². The van der Waals surface area contributed by atoms with Crippen LogP contribution in [0, 0.1) is 0 Å². The molecule has 126 valence electrons. The number of hydrogen-bond acceptors (Lipinski definition) is 3. The van der Waals surface area contributed by atoms with Crippen molar-refractivity contribution in [2.75, 3.05) is 20.2 Å². The third-order valence-corrected chi connectivity index (χ3v) is 4.63. The van der Waals surface area contributed by atoms with Crippen molar-refractivity contribution in [1.29, 1.82) is 0 Å². The quantitative estimate of drug-likeness (QED) is 0.798. The molecule has 1 amide bonds. The van der Waals surface area contributed by atoms with Crippen LogP contribution in [-0.2, 0) is 0 Å². The number of methoxy groups -OCH3 is 1. The topological polar surface area (TPSA) is 58.2 Å². The van der Waals surface area contributed by atoms with Crippen molar-refractivity contribution in [2.45, 2.75) is 6.42 Å². The molecule has 1 aliphatic heterocycles. The molecule has 0 spiro atoms. The van der Waals surface area contributed by atoms with Crippen molar-refractivity contribution in [3.05, 3.63) is 66.0 Å². The first-order valence-corrected chi connectivity index (χ1v) is 8.31. The van der Waals surface area contributed by atoms with E-state index in [2.05, 4.69) is 22.1 Å². The fraction of sp³-hybridized carbons (Fsp3) is 0.200. The largest absolute Gasteiger partial charge is 0.496 e. The predicted molar refractivity (Wildman–Crippen MR) is 97.6 cm³/mol. The molecule has 5 heteroatoms. The van der Waals surface area contributed by atoms with Crippen LogP contribution >= 0.6 is 0 Å². The summed E-state index contributed by atoms with van der Waals surface area (Å²) in [7, 11) is 1.59. The SMILES string of the molecule is COc1ccccc1C(=O)N1CC=C(c2c[nH]c3ncccc23)CC1. The molecule has 1 aliphatic rings. The molecule has 2 aromatic heterocycles. The van der Waals surface area contributed by atoms with E-state index in [-0.39, 0.29) is 5.91 Å². The molecule has 0 radical (unpaired) electrons. The van der Waals surface area contributed by atoms with Crippen molar-refractivity contribution in [1.82, 2.24) is 14.9 Å². The summed E-state index contributed by atoms with van der Waals surface area (Å²) in [6, 6.07) is 11.4. The summed E-state index contributed by atoms with van der Waals surface area (Å²) in [5.74, 6) is 0.623. The van der Waals surface area contributed by atoms with Gasteiger partial charge in [0.1, 0.15) is 11.4 Å². The van der Waals surface area contributed by atoms with Crippen molar-refractivity contribution < 1.29 is 9.53 Å². The summed E-state index contributed by atoms with van der Waals surface area (Å²) in [4.78, 5) is 22.2. The van der Waals surface area contributed by atoms with Gasteiger partial charge in [0.25, 0.3) is 5.91 Å². The van der Waals surface area contributed by atoms with Crippen LogP contribution in [0.2, 0.25) is 0 Å². The first kappa shape index (κ1) is 15.4. The molecule has 0 atom stereocenters. The van der Waals surface area contributed by atoms with Crippen molar-refractivity contribution >= 4 is 22.5 Å². The van der Waals surface area contributed by atoms with E-state index in [4.69, 9.17) is 4.74 Å². The van der Waals surface area contributed by atoms with E-state index in [0.29, 0.717) is 24.4 Å². The average Bonchev–Trinajstić information content (AvgIpc) is 3.11. The number of carbonyl (C=O) groups is 1. The predicted octanol–water partition coefficient (Wildman–Crippen LogP) is 3.50. The molecular weight excluding hydrogens is 314 g/mol. The zero-order valence-corrected chi connectivity index (χ0v) is 14.0. The molecule has 3 aromatic rings. The number of benzene rings is 1. The van der Waals surface area contributed by atoms with Gasteiger partial charge in [-0.3, -0.25) is 4.79 Å². The first-order valence-electron chi connectivity index (χ1n) is 8.31.